The lowest BCUT2D eigenvalue weighted by atomic mass is 10.0. The molecule has 1 aromatic carbocycles. The van der Waals surface area contributed by atoms with Crippen molar-refractivity contribution in [3.8, 4) is 11.5 Å². The average Bonchev–Trinajstić information content (AvgIpc) is 2.89. The zero-order valence-electron chi connectivity index (χ0n) is 15.8. The van der Waals surface area contributed by atoms with Crippen molar-refractivity contribution in [3.63, 3.8) is 0 Å². The van der Waals surface area contributed by atoms with Gasteiger partial charge in [0.2, 0.25) is 0 Å². The van der Waals surface area contributed by atoms with Crippen LogP contribution < -0.4 is 9.47 Å². The van der Waals surface area contributed by atoms with Gasteiger partial charge in [-0.3, -0.25) is 4.79 Å². The molecule has 6 nitrogen and oxygen atoms in total. The molecule has 0 saturated carbocycles. The van der Waals surface area contributed by atoms with Crippen molar-refractivity contribution >= 4 is 29.4 Å². The molecule has 0 atom stereocenters. The van der Waals surface area contributed by atoms with Crippen LogP contribution in [0.15, 0.2) is 18.2 Å². The molecule has 27 heavy (non-hydrogen) atoms. The minimum absolute atomic E-state index is 0.0177. The summed E-state index contributed by atoms with van der Waals surface area (Å²) in [6, 6.07) is 3.39. The molecule has 0 bridgehead atoms. The van der Waals surface area contributed by atoms with E-state index in [1.54, 1.807) is 32.1 Å². The van der Waals surface area contributed by atoms with E-state index in [0.29, 0.717) is 38.9 Å². The number of benzene rings is 1. The van der Waals surface area contributed by atoms with E-state index < -0.39 is 5.97 Å². The number of carboxylic acids is 1. The van der Waals surface area contributed by atoms with Crippen molar-refractivity contribution in [2.75, 3.05) is 7.11 Å². The number of allylic oxidation sites excluding steroid dienone is 1. The molecule has 0 aliphatic carbocycles. The molecule has 0 aliphatic rings. The normalized spacial score (nSPS) is 11.2. The maximum Gasteiger partial charge on any atom is 0.352 e. The van der Waals surface area contributed by atoms with Gasteiger partial charge in [-0.15, -0.1) is 0 Å². The Hall–Kier alpha value is -2.73. The molecule has 2 N–H and O–H groups in total. The summed E-state index contributed by atoms with van der Waals surface area (Å²) < 4.78 is 11.0. The molecule has 0 unspecified atom stereocenters. The number of ether oxygens (including phenoxy) is 2. The summed E-state index contributed by atoms with van der Waals surface area (Å²) in [5, 5.41) is 9.54. The molecular weight excluding hydrogens is 370 g/mol. The lowest BCUT2D eigenvalue weighted by Crippen LogP contribution is -2.07. The monoisotopic (exact) mass is 391 g/mol. The highest BCUT2D eigenvalue weighted by atomic mass is 35.5. The van der Waals surface area contributed by atoms with Gasteiger partial charge in [0.1, 0.15) is 5.69 Å². The van der Waals surface area contributed by atoms with E-state index in [0.717, 1.165) is 0 Å². The molecule has 0 spiro atoms. The van der Waals surface area contributed by atoms with E-state index in [4.69, 9.17) is 26.2 Å². The van der Waals surface area contributed by atoms with E-state index in [-0.39, 0.29) is 17.6 Å². The number of methoxy groups -OCH3 is 1. The first kappa shape index (κ1) is 20.6. The topological polar surface area (TPSA) is 88.6 Å². The fourth-order valence-electron chi connectivity index (χ4n) is 2.77. The standard InChI is InChI=1S/C20H22ClNO5/c1-10(2)27-19-14(21)8-13(9-16(19)26-5)6-7-15(23)17-11(3)18(20(24)25)22-12(17)4/h6-10,22H,1-5H3,(H,24,25)/b7-6+. The minimum Gasteiger partial charge on any atom is -0.493 e. The minimum atomic E-state index is -1.10. The van der Waals surface area contributed by atoms with E-state index in [1.807, 2.05) is 13.8 Å². The van der Waals surface area contributed by atoms with Crippen LogP contribution in [-0.2, 0) is 0 Å². The number of H-pyrrole nitrogens is 1. The van der Waals surface area contributed by atoms with Crippen molar-refractivity contribution in [2.24, 2.45) is 0 Å². The van der Waals surface area contributed by atoms with Crippen LogP contribution in [0.4, 0.5) is 0 Å². The smallest absolute Gasteiger partial charge is 0.352 e. The number of carbonyl (C=O) groups is 2. The maximum atomic E-state index is 12.6. The van der Waals surface area contributed by atoms with Crippen molar-refractivity contribution in [1.82, 2.24) is 4.98 Å². The third-order valence-corrected chi connectivity index (χ3v) is 4.21. The summed E-state index contributed by atoms with van der Waals surface area (Å²) in [7, 11) is 1.51. The predicted molar refractivity (Wildman–Crippen MR) is 104 cm³/mol. The fourth-order valence-corrected chi connectivity index (χ4v) is 3.04. The lowest BCUT2D eigenvalue weighted by molar-refractivity contribution is 0.0690. The summed E-state index contributed by atoms with van der Waals surface area (Å²) in [5.74, 6) is -0.492. The molecule has 2 aromatic rings. The summed E-state index contributed by atoms with van der Waals surface area (Å²) in [5.41, 5.74) is 1.94. The van der Waals surface area contributed by atoms with Gasteiger partial charge in [-0.05, 0) is 57.0 Å². The van der Waals surface area contributed by atoms with Gasteiger partial charge in [-0.1, -0.05) is 17.7 Å². The molecule has 0 fully saturated rings. The lowest BCUT2D eigenvalue weighted by Gasteiger charge is -2.15. The van der Waals surface area contributed by atoms with Crippen LogP contribution in [0.25, 0.3) is 6.08 Å². The molecule has 144 valence electrons. The number of ketones is 1. The first-order valence-electron chi connectivity index (χ1n) is 8.34. The average molecular weight is 392 g/mol. The number of halogens is 1. The van der Waals surface area contributed by atoms with Crippen LogP contribution >= 0.6 is 11.6 Å². The van der Waals surface area contributed by atoms with Gasteiger partial charge in [0.05, 0.1) is 18.2 Å². The molecule has 2 rings (SSSR count). The maximum absolute atomic E-state index is 12.6. The number of aromatic nitrogens is 1. The second-order valence-corrected chi connectivity index (χ2v) is 6.74. The Morgan fingerprint density at radius 2 is 1.93 bits per heavy atom. The number of aromatic carboxylic acids is 1. The number of hydrogen-bond acceptors (Lipinski definition) is 4. The van der Waals surface area contributed by atoms with Crippen LogP contribution in [0.3, 0.4) is 0 Å². The Kier molecular flexibility index (Phi) is 6.33. The Morgan fingerprint density at radius 1 is 1.26 bits per heavy atom. The van der Waals surface area contributed by atoms with Crippen LogP contribution in [0.2, 0.25) is 5.02 Å². The predicted octanol–water partition coefficient (Wildman–Crippen LogP) is 4.68. The molecule has 0 radical (unpaired) electrons. The summed E-state index contributed by atoms with van der Waals surface area (Å²) in [6.45, 7) is 7.04. The van der Waals surface area contributed by atoms with Crippen LogP contribution in [0.1, 0.15) is 51.5 Å². The molecule has 1 aromatic heterocycles. The Bertz CT molecular complexity index is 912. The van der Waals surface area contributed by atoms with Gasteiger partial charge < -0.3 is 19.6 Å². The zero-order chi connectivity index (χ0) is 20.3. The SMILES string of the molecule is COc1cc(/C=C/C(=O)c2c(C)[nH]c(C(=O)O)c2C)cc(Cl)c1OC(C)C. The van der Waals surface area contributed by atoms with E-state index in [9.17, 15) is 9.59 Å². The number of hydrogen-bond donors (Lipinski definition) is 2. The highest BCUT2D eigenvalue weighted by molar-refractivity contribution is 6.32. The second-order valence-electron chi connectivity index (χ2n) is 6.33. The van der Waals surface area contributed by atoms with Gasteiger partial charge in [0.15, 0.2) is 17.3 Å². The van der Waals surface area contributed by atoms with E-state index in [2.05, 4.69) is 4.98 Å². The number of carbonyl (C=O) groups excluding carboxylic acids is 1. The van der Waals surface area contributed by atoms with E-state index in [1.165, 1.54) is 13.2 Å². The van der Waals surface area contributed by atoms with Gasteiger partial charge in [0, 0.05) is 11.3 Å². The number of nitrogens with one attached hydrogen (secondary N) is 1. The largest absolute Gasteiger partial charge is 0.493 e. The summed E-state index contributed by atoms with van der Waals surface area (Å²) >= 11 is 6.28. The summed E-state index contributed by atoms with van der Waals surface area (Å²) in [6.07, 6.45) is 2.91. The molecule has 0 amide bonds. The third-order valence-electron chi connectivity index (χ3n) is 3.93. The van der Waals surface area contributed by atoms with Crippen molar-refractivity contribution in [1.29, 1.82) is 0 Å². The first-order valence-corrected chi connectivity index (χ1v) is 8.72. The second kappa shape index (κ2) is 8.31. The van der Waals surface area contributed by atoms with Crippen molar-refractivity contribution < 1.29 is 24.2 Å². The molecular formula is C20H22ClNO5. The molecule has 0 aliphatic heterocycles. The Balaban J connectivity index is 2.34. The molecule has 1 heterocycles. The van der Waals surface area contributed by atoms with Gasteiger partial charge >= 0.3 is 5.97 Å². The number of aromatic amines is 1. The van der Waals surface area contributed by atoms with Crippen LogP contribution in [-0.4, -0.2) is 35.1 Å². The third kappa shape index (κ3) is 4.52. The highest BCUT2D eigenvalue weighted by Crippen LogP contribution is 2.37. The fraction of sp³-hybridized carbons (Fsp3) is 0.300. The van der Waals surface area contributed by atoms with Crippen molar-refractivity contribution in [2.45, 2.75) is 33.8 Å². The number of rotatable bonds is 7. The number of aryl methyl sites for hydroxylation is 1. The van der Waals surface area contributed by atoms with E-state index >= 15 is 0 Å². The first-order chi connectivity index (χ1) is 12.6. The molecule has 0 saturated heterocycles. The zero-order valence-corrected chi connectivity index (χ0v) is 16.6. The van der Waals surface area contributed by atoms with Gasteiger partial charge in [-0.2, -0.15) is 0 Å². The van der Waals surface area contributed by atoms with Gasteiger partial charge in [0.25, 0.3) is 0 Å². The van der Waals surface area contributed by atoms with Gasteiger partial charge in [-0.25, -0.2) is 4.79 Å². The Morgan fingerprint density at radius 3 is 2.44 bits per heavy atom. The molecule has 7 heteroatoms. The van der Waals surface area contributed by atoms with Crippen LogP contribution in [0, 0.1) is 13.8 Å². The number of carboxylic acid groups (broad SMARTS) is 1. The van der Waals surface area contributed by atoms with Crippen LogP contribution in [0.5, 0.6) is 11.5 Å². The Labute approximate surface area is 162 Å². The quantitative estimate of drug-likeness (QED) is 0.528. The van der Waals surface area contributed by atoms with Crippen molar-refractivity contribution in [3.05, 3.63) is 51.3 Å². The highest BCUT2D eigenvalue weighted by Gasteiger charge is 2.20. The summed E-state index contributed by atoms with van der Waals surface area (Å²) in [4.78, 5) is 26.5.